The third-order valence-electron chi connectivity index (χ3n) is 3.61. The zero-order valence-corrected chi connectivity index (χ0v) is 10.7. The van der Waals surface area contributed by atoms with E-state index in [4.69, 9.17) is 0 Å². The van der Waals surface area contributed by atoms with Crippen molar-refractivity contribution in [3.8, 4) is 11.5 Å². The predicted octanol–water partition coefficient (Wildman–Crippen LogP) is 1.52. The van der Waals surface area contributed by atoms with Crippen LogP contribution in [0.5, 0.6) is 11.5 Å². The predicted molar refractivity (Wildman–Crippen MR) is 70.1 cm³/mol. The summed E-state index contributed by atoms with van der Waals surface area (Å²) in [5.41, 5.74) is -1.02. The average molecular weight is 265 g/mol. The molecule has 1 aromatic rings. The van der Waals surface area contributed by atoms with Gasteiger partial charge in [0.1, 0.15) is 17.1 Å². The normalized spacial score (nSPS) is 17.9. The molecule has 0 aromatic heterocycles. The van der Waals surface area contributed by atoms with Crippen LogP contribution in [0.25, 0.3) is 0 Å². The molecule has 2 rings (SSSR count). The monoisotopic (exact) mass is 265 g/mol. The minimum absolute atomic E-state index is 0.138. The summed E-state index contributed by atoms with van der Waals surface area (Å²) in [6.45, 7) is 0.138. The Labute approximate surface area is 111 Å². The standard InChI is InChI=1S/C14H19NO4/c16-10-5-4-6-11(17)12(10)13(18)15-9-14(19)7-2-1-3-8-14/h4-6,16-17,19H,1-3,7-9H2,(H,15,18). The van der Waals surface area contributed by atoms with Crippen LogP contribution in [0.2, 0.25) is 0 Å². The van der Waals surface area contributed by atoms with Gasteiger partial charge in [-0.2, -0.15) is 0 Å². The molecule has 1 aromatic carbocycles. The van der Waals surface area contributed by atoms with Crippen molar-refractivity contribution in [1.82, 2.24) is 5.32 Å². The van der Waals surface area contributed by atoms with Gasteiger partial charge in [0.25, 0.3) is 5.91 Å². The van der Waals surface area contributed by atoms with Crippen LogP contribution in [-0.2, 0) is 0 Å². The van der Waals surface area contributed by atoms with Gasteiger partial charge in [0.15, 0.2) is 0 Å². The molecule has 104 valence electrons. The molecule has 1 amide bonds. The molecular formula is C14H19NO4. The number of amides is 1. The molecule has 19 heavy (non-hydrogen) atoms. The van der Waals surface area contributed by atoms with Gasteiger partial charge in [-0.1, -0.05) is 25.3 Å². The SMILES string of the molecule is O=C(NCC1(O)CCCCC1)c1c(O)cccc1O. The number of rotatable bonds is 3. The number of aromatic hydroxyl groups is 2. The number of nitrogens with one attached hydrogen (secondary N) is 1. The highest BCUT2D eigenvalue weighted by molar-refractivity contribution is 5.99. The first-order chi connectivity index (χ1) is 9.02. The third kappa shape index (κ3) is 3.17. The fourth-order valence-corrected chi connectivity index (χ4v) is 2.48. The lowest BCUT2D eigenvalue weighted by Gasteiger charge is -2.32. The molecule has 1 saturated carbocycles. The number of aliphatic hydroxyl groups is 1. The molecular weight excluding hydrogens is 246 g/mol. The molecule has 5 heteroatoms. The first-order valence-electron chi connectivity index (χ1n) is 6.53. The van der Waals surface area contributed by atoms with Gasteiger partial charge >= 0.3 is 0 Å². The van der Waals surface area contributed by atoms with Crippen LogP contribution in [-0.4, -0.2) is 33.4 Å². The Balaban J connectivity index is 2.01. The van der Waals surface area contributed by atoms with E-state index in [1.165, 1.54) is 18.2 Å². The molecule has 1 aliphatic carbocycles. The third-order valence-corrected chi connectivity index (χ3v) is 3.61. The van der Waals surface area contributed by atoms with E-state index in [1.54, 1.807) is 0 Å². The van der Waals surface area contributed by atoms with Gasteiger partial charge in [-0.15, -0.1) is 0 Å². The van der Waals surface area contributed by atoms with Gasteiger partial charge in [-0.25, -0.2) is 0 Å². The number of carbonyl (C=O) groups excluding carboxylic acids is 1. The van der Waals surface area contributed by atoms with E-state index in [0.717, 1.165) is 19.3 Å². The van der Waals surface area contributed by atoms with Crippen LogP contribution >= 0.6 is 0 Å². The smallest absolute Gasteiger partial charge is 0.258 e. The van der Waals surface area contributed by atoms with E-state index in [0.29, 0.717) is 12.8 Å². The van der Waals surface area contributed by atoms with Gasteiger partial charge in [0.05, 0.1) is 5.60 Å². The summed E-state index contributed by atoms with van der Waals surface area (Å²) in [7, 11) is 0. The van der Waals surface area contributed by atoms with E-state index in [1.807, 2.05) is 0 Å². The molecule has 5 nitrogen and oxygen atoms in total. The number of phenolic OH excluding ortho intramolecular Hbond substituents is 2. The molecule has 1 aliphatic rings. The van der Waals surface area contributed by atoms with Crippen LogP contribution in [0, 0.1) is 0 Å². The Bertz CT molecular complexity index is 446. The minimum Gasteiger partial charge on any atom is -0.507 e. The van der Waals surface area contributed by atoms with Crippen LogP contribution in [0.3, 0.4) is 0 Å². The maximum absolute atomic E-state index is 11.9. The zero-order valence-electron chi connectivity index (χ0n) is 10.7. The second kappa shape index (κ2) is 5.48. The van der Waals surface area contributed by atoms with E-state index >= 15 is 0 Å². The van der Waals surface area contributed by atoms with Gasteiger partial charge in [0, 0.05) is 6.54 Å². The van der Waals surface area contributed by atoms with Crippen LogP contribution in [0.4, 0.5) is 0 Å². The van der Waals surface area contributed by atoms with Crippen LogP contribution in [0.15, 0.2) is 18.2 Å². The molecule has 0 spiro atoms. The molecule has 0 atom stereocenters. The largest absolute Gasteiger partial charge is 0.507 e. The van der Waals surface area contributed by atoms with E-state index in [2.05, 4.69) is 5.32 Å². The molecule has 0 aliphatic heterocycles. The lowest BCUT2D eigenvalue weighted by Crippen LogP contribution is -2.44. The maximum atomic E-state index is 11.9. The van der Waals surface area contributed by atoms with E-state index in [-0.39, 0.29) is 23.6 Å². The van der Waals surface area contributed by atoms with Crippen molar-refractivity contribution in [2.75, 3.05) is 6.54 Å². The molecule has 0 unspecified atom stereocenters. The molecule has 0 radical (unpaired) electrons. The highest BCUT2D eigenvalue weighted by atomic mass is 16.3. The fraction of sp³-hybridized carbons (Fsp3) is 0.500. The Morgan fingerprint density at radius 1 is 1.16 bits per heavy atom. The van der Waals surface area contributed by atoms with Gasteiger partial charge in [-0.05, 0) is 25.0 Å². The Morgan fingerprint density at radius 3 is 2.32 bits per heavy atom. The number of benzene rings is 1. The summed E-state index contributed by atoms with van der Waals surface area (Å²) in [6.07, 6.45) is 4.35. The molecule has 1 fully saturated rings. The van der Waals surface area contributed by atoms with Gasteiger partial charge in [-0.3, -0.25) is 4.79 Å². The topological polar surface area (TPSA) is 89.8 Å². The van der Waals surface area contributed by atoms with Crippen molar-refractivity contribution < 1.29 is 20.1 Å². The molecule has 4 N–H and O–H groups in total. The number of phenols is 2. The fourth-order valence-electron chi connectivity index (χ4n) is 2.48. The number of hydrogen-bond donors (Lipinski definition) is 4. The lowest BCUT2D eigenvalue weighted by atomic mass is 9.85. The number of hydrogen-bond acceptors (Lipinski definition) is 4. The summed E-state index contributed by atoms with van der Waals surface area (Å²) in [5.74, 6) is -1.11. The second-order valence-electron chi connectivity index (χ2n) is 5.14. The molecule has 0 heterocycles. The van der Waals surface area contributed by atoms with Gasteiger partial charge in [0.2, 0.25) is 0 Å². The second-order valence-corrected chi connectivity index (χ2v) is 5.14. The van der Waals surface area contributed by atoms with E-state index < -0.39 is 11.5 Å². The summed E-state index contributed by atoms with van der Waals surface area (Å²) in [4.78, 5) is 11.9. The Kier molecular flexibility index (Phi) is 3.95. The Morgan fingerprint density at radius 2 is 1.74 bits per heavy atom. The van der Waals surface area contributed by atoms with E-state index in [9.17, 15) is 20.1 Å². The van der Waals surface area contributed by atoms with Crippen molar-refractivity contribution in [2.45, 2.75) is 37.7 Å². The first kappa shape index (κ1) is 13.7. The lowest BCUT2D eigenvalue weighted by molar-refractivity contribution is 0.00519. The first-order valence-corrected chi connectivity index (χ1v) is 6.53. The van der Waals surface area contributed by atoms with Crippen molar-refractivity contribution in [1.29, 1.82) is 0 Å². The summed E-state index contributed by atoms with van der Waals surface area (Å²) in [5, 5.41) is 32.0. The molecule has 0 bridgehead atoms. The minimum atomic E-state index is -0.867. The molecule has 0 saturated heterocycles. The quantitative estimate of drug-likeness (QED) is 0.667. The summed E-state index contributed by atoms with van der Waals surface area (Å²) < 4.78 is 0. The van der Waals surface area contributed by atoms with Crippen molar-refractivity contribution in [3.05, 3.63) is 23.8 Å². The highest BCUT2D eigenvalue weighted by Gasteiger charge is 2.30. The van der Waals surface area contributed by atoms with Crippen molar-refractivity contribution >= 4 is 5.91 Å². The van der Waals surface area contributed by atoms with Crippen molar-refractivity contribution in [3.63, 3.8) is 0 Å². The van der Waals surface area contributed by atoms with Gasteiger partial charge < -0.3 is 20.6 Å². The summed E-state index contributed by atoms with van der Waals surface area (Å²) >= 11 is 0. The maximum Gasteiger partial charge on any atom is 0.258 e. The Hall–Kier alpha value is -1.75. The van der Waals surface area contributed by atoms with Crippen LogP contribution in [0.1, 0.15) is 42.5 Å². The van der Waals surface area contributed by atoms with Crippen molar-refractivity contribution in [2.24, 2.45) is 0 Å². The highest BCUT2D eigenvalue weighted by Crippen LogP contribution is 2.29. The summed E-state index contributed by atoms with van der Waals surface area (Å²) in [6, 6.07) is 4.13. The number of carbonyl (C=O) groups is 1. The van der Waals surface area contributed by atoms with Crippen LogP contribution < -0.4 is 5.32 Å². The average Bonchev–Trinajstić information content (AvgIpc) is 2.37. The zero-order chi connectivity index (χ0) is 13.9.